The van der Waals surface area contributed by atoms with Gasteiger partial charge in [-0.05, 0) is 91.3 Å². The number of nitrogens with one attached hydrogen (secondary N) is 1. The molecule has 0 unspecified atom stereocenters. The molecule has 0 bridgehead atoms. The average molecular weight is 439 g/mol. The van der Waals surface area contributed by atoms with E-state index in [4.69, 9.17) is 17.0 Å². The fourth-order valence-corrected chi connectivity index (χ4v) is 5.36. The normalized spacial score (nSPS) is 26.2. The second kappa shape index (κ2) is 9.52. The van der Waals surface area contributed by atoms with Gasteiger partial charge in [-0.3, -0.25) is 4.90 Å². The topological polar surface area (TPSA) is 24.5 Å². The molecule has 1 saturated carbocycles. The van der Waals surface area contributed by atoms with Crippen LogP contribution in [0.3, 0.4) is 0 Å². The predicted octanol–water partition coefficient (Wildman–Crippen LogP) is 5.99. The molecule has 1 spiro atoms. The quantitative estimate of drug-likeness (QED) is 0.551. The Morgan fingerprint density at radius 1 is 1.31 bits per heavy atom. The SMILES string of the molecule is CCCC1CCC2(CCCN2CCOC(=S)Nc2ccccc2Br)CC1. The molecule has 1 aromatic rings. The number of halogens is 1. The van der Waals surface area contributed by atoms with Crippen LogP contribution in [0.15, 0.2) is 28.7 Å². The van der Waals surface area contributed by atoms with Gasteiger partial charge >= 0.3 is 0 Å². The van der Waals surface area contributed by atoms with Crippen molar-refractivity contribution in [2.24, 2.45) is 5.92 Å². The van der Waals surface area contributed by atoms with E-state index in [2.05, 4.69) is 33.1 Å². The summed E-state index contributed by atoms with van der Waals surface area (Å²) >= 11 is 8.88. The minimum atomic E-state index is 0.450. The number of hydrogen-bond donors (Lipinski definition) is 1. The van der Waals surface area contributed by atoms with Crippen LogP contribution in [0.4, 0.5) is 5.69 Å². The van der Waals surface area contributed by atoms with Gasteiger partial charge in [-0.25, -0.2) is 0 Å². The molecule has 1 aliphatic heterocycles. The maximum Gasteiger partial charge on any atom is 0.261 e. The van der Waals surface area contributed by atoms with Crippen LogP contribution in [0.2, 0.25) is 0 Å². The van der Waals surface area contributed by atoms with E-state index in [0.29, 0.717) is 17.3 Å². The lowest BCUT2D eigenvalue weighted by Gasteiger charge is -2.44. The van der Waals surface area contributed by atoms with E-state index in [9.17, 15) is 0 Å². The van der Waals surface area contributed by atoms with Crippen molar-refractivity contribution in [1.29, 1.82) is 0 Å². The minimum absolute atomic E-state index is 0.450. The maximum atomic E-state index is 5.81. The molecule has 3 rings (SSSR count). The lowest BCUT2D eigenvalue weighted by atomic mass is 9.74. The van der Waals surface area contributed by atoms with E-state index >= 15 is 0 Å². The molecule has 2 fully saturated rings. The van der Waals surface area contributed by atoms with Gasteiger partial charge in [0.25, 0.3) is 5.17 Å². The van der Waals surface area contributed by atoms with E-state index < -0.39 is 0 Å². The average Bonchev–Trinajstić information content (AvgIpc) is 3.02. The third-order valence-electron chi connectivity index (χ3n) is 6.18. The number of ether oxygens (including phenoxy) is 1. The minimum Gasteiger partial charge on any atom is -0.469 e. The van der Waals surface area contributed by atoms with Crippen molar-refractivity contribution in [3.05, 3.63) is 28.7 Å². The van der Waals surface area contributed by atoms with Gasteiger partial charge in [0.15, 0.2) is 0 Å². The van der Waals surface area contributed by atoms with Crippen molar-refractivity contribution in [3.63, 3.8) is 0 Å². The Labute approximate surface area is 172 Å². The van der Waals surface area contributed by atoms with Crippen LogP contribution in [0.5, 0.6) is 0 Å². The number of likely N-dealkylation sites (tertiary alicyclic amines) is 1. The first-order valence-electron chi connectivity index (χ1n) is 10.1. The molecule has 144 valence electrons. The van der Waals surface area contributed by atoms with Crippen LogP contribution in [0.1, 0.15) is 58.3 Å². The molecular weight excluding hydrogens is 408 g/mol. The van der Waals surface area contributed by atoms with Crippen molar-refractivity contribution in [1.82, 2.24) is 4.90 Å². The first-order valence-corrected chi connectivity index (χ1v) is 11.3. The predicted molar refractivity (Wildman–Crippen MR) is 117 cm³/mol. The summed E-state index contributed by atoms with van der Waals surface area (Å²) in [5.74, 6) is 0.963. The highest BCUT2D eigenvalue weighted by molar-refractivity contribution is 9.10. The number of thiocarbonyl (C=S) groups is 1. The Morgan fingerprint density at radius 2 is 2.08 bits per heavy atom. The van der Waals surface area contributed by atoms with E-state index in [1.165, 1.54) is 57.9 Å². The van der Waals surface area contributed by atoms with Crippen LogP contribution in [-0.2, 0) is 4.74 Å². The summed E-state index contributed by atoms with van der Waals surface area (Å²) in [5.41, 5.74) is 1.40. The number of benzene rings is 1. The molecule has 0 aromatic heterocycles. The zero-order valence-corrected chi connectivity index (χ0v) is 18.2. The summed E-state index contributed by atoms with van der Waals surface area (Å²) in [4.78, 5) is 2.69. The van der Waals surface area contributed by atoms with Crippen molar-refractivity contribution < 1.29 is 4.74 Å². The monoisotopic (exact) mass is 438 g/mol. The van der Waals surface area contributed by atoms with Gasteiger partial charge in [0.1, 0.15) is 6.61 Å². The highest BCUT2D eigenvalue weighted by Crippen LogP contribution is 2.44. The van der Waals surface area contributed by atoms with E-state index in [1.807, 2.05) is 24.3 Å². The van der Waals surface area contributed by atoms with Crippen molar-refractivity contribution in [3.8, 4) is 0 Å². The summed E-state index contributed by atoms with van der Waals surface area (Å²) in [6.45, 7) is 5.17. The molecule has 1 heterocycles. The lowest BCUT2D eigenvalue weighted by Crippen LogP contribution is -2.47. The summed E-state index contributed by atoms with van der Waals surface area (Å²) in [6, 6.07) is 7.96. The van der Waals surface area contributed by atoms with E-state index in [1.54, 1.807) is 0 Å². The van der Waals surface area contributed by atoms with E-state index in [-0.39, 0.29) is 0 Å². The summed E-state index contributed by atoms with van der Waals surface area (Å²) in [7, 11) is 0. The molecule has 3 nitrogen and oxygen atoms in total. The summed E-state index contributed by atoms with van der Waals surface area (Å²) < 4.78 is 6.81. The van der Waals surface area contributed by atoms with E-state index in [0.717, 1.165) is 22.6 Å². The highest BCUT2D eigenvalue weighted by Gasteiger charge is 2.42. The zero-order valence-electron chi connectivity index (χ0n) is 15.8. The number of para-hydroxylation sites is 1. The Hall–Kier alpha value is -0.650. The Kier molecular flexibility index (Phi) is 7.35. The van der Waals surface area contributed by atoms with Gasteiger partial charge in [0.2, 0.25) is 0 Å². The van der Waals surface area contributed by atoms with Gasteiger partial charge < -0.3 is 10.1 Å². The Morgan fingerprint density at radius 3 is 2.81 bits per heavy atom. The molecule has 1 saturated heterocycles. The van der Waals surface area contributed by atoms with Gasteiger partial charge in [-0.15, -0.1) is 0 Å². The van der Waals surface area contributed by atoms with Crippen LogP contribution in [-0.4, -0.2) is 35.3 Å². The second-order valence-corrected chi connectivity index (χ2v) is 9.01. The first kappa shape index (κ1) is 20.1. The Balaban J connectivity index is 1.44. The fourth-order valence-electron chi connectivity index (χ4n) is 4.78. The van der Waals surface area contributed by atoms with Gasteiger partial charge in [0, 0.05) is 16.6 Å². The first-order chi connectivity index (χ1) is 12.6. The van der Waals surface area contributed by atoms with Crippen LogP contribution < -0.4 is 5.32 Å². The number of anilines is 1. The van der Waals surface area contributed by atoms with Crippen LogP contribution in [0, 0.1) is 5.92 Å². The third-order valence-corrected chi connectivity index (χ3v) is 7.09. The summed E-state index contributed by atoms with van der Waals surface area (Å²) in [6.07, 6.45) is 11.0. The lowest BCUT2D eigenvalue weighted by molar-refractivity contribution is 0.0596. The fraction of sp³-hybridized carbons (Fsp3) is 0.667. The van der Waals surface area contributed by atoms with Crippen LogP contribution in [0.25, 0.3) is 0 Å². The molecule has 0 radical (unpaired) electrons. The van der Waals surface area contributed by atoms with Crippen molar-refractivity contribution >= 4 is 39.0 Å². The van der Waals surface area contributed by atoms with Gasteiger partial charge in [0.05, 0.1) is 5.69 Å². The molecular formula is C21H31BrN2OS. The second-order valence-electron chi connectivity index (χ2n) is 7.79. The number of rotatable bonds is 6. The maximum absolute atomic E-state index is 5.81. The largest absolute Gasteiger partial charge is 0.469 e. The molecule has 26 heavy (non-hydrogen) atoms. The van der Waals surface area contributed by atoms with Gasteiger partial charge in [-0.1, -0.05) is 31.9 Å². The molecule has 0 amide bonds. The smallest absolute Gasteiger partial charge is 0.261 e. The zero-order chi connectivity index (χ0) is 18.4. The van der Waals surface area contributed by atoms with Gasteiger partial charge in [-0.2, -0.15) is 0 Å². The van der Waals surface area contributed by atoms with Crippen molar-refractivity contribution in [2.45, 2.75) is 63.8 Å². The Bertz CT molecular complexity index is 601. The van der Waals surface area contributed by atoms with Crippen LogP contribution >= 0.6 is 28.1 Å². The standard InChI is InChI=1S/C21H31BrN2OS/c1-2-6-17-9-12-21(13-10-17)11-5-14-24(21)15-16-25-20(26)23-19-8-4-3-7-18(19)22/h3-4,7-8,17H,2,5-6,9-16H2,1H3,(H,23,26). The summed E-state index contributed by atoms with van der Waals surface area (Å²) in [5, 5.41) is 3.63. The molecule has 2 aliphatic rings. The molecule has 1 N–H and O–H groups in total. The molecule has 1 aromatic carbocycles. The number of nitrogens with zero attached hydrogens (tertiary/aromatic N) is 1. The molecule has 1 aliphatic carbocycles. The highest BCUT2D eigenvalue weighted by atomic mass is 79.9. The number of hydrogen-bond acceptors (Lipinski definition) is 3. The third kappa shape index (κ3) is 4.99. The molecule has 0 atom stereocenters. The van der Waals surface area contributed by atoms with Crippen molar-refractivity contribution in [2.75, 3.05) is 25.0 Å². The molecule has 5 heteroatoms.